The third kappa shape index (κ3) is 4.35. The lowest BCUT2D eigenvalue weighted by Gasteiger charge is -2.14. The highest BCUT2D eigenvalue weighted by Gasteiger charge is 2.30. The van der Waals surface area contributed by atoms with Crippen LogP contribution in [0, 0.1) is 13.8 Å². The Bertz CT molecular complexity index is 835. The van der Waals surface area contributed by atoms with Gasteiger partial charge in [-0.3, -0.25) is 4.79 Å². The third-order valence-electron chi connectivity index (χ3n) is 3.18. The average molecular weight is 376 g/mol. The van der Waals surface area contributed by atoms with Crippen LogP contribution in [0.2, 0.25) is 0 Å². The zero-order valence-electron chi connectivity index (χ0n) is 13.5. The summed E-state index contributed by atoms with van der Waals surface area (Å²) in [4.78, 5) is 32.6. The lowest BCUT2D eigenvalue weighted by molar-refractivity contribution is -0.143. The zero-order valence-corrected chi connectivity index (χ0v) is 14.3. The Kier molecular flexibility index (Phi) is 5.16. The molecule has 0 spiro atoms. The minimum absolute atomic E-state index is 0.0217. The third-order valence-corrected chi connectivity index (χ3v) is 4.26. The molecule has 0 unspecified atom stereocenters. The maximum Gasteiger partial charge on any atom is 0.405 e. The van der Waals surface area contributed by atoms with E-state index in [0.29, 0.717) is 21.7 Å². The summed E-state index contributed by atoms with van der Waals surface area (Å²) >= 11 is 0.969. The van der Waals surface area contributed by atoms with Crippen molar-refractivity contribution in [1.82, 2.24) is 15.3 Å². The molecule has 2 rings (SSSR count). The number of aryl methyl sites for hydroxylation is 2. The van der Waals surface area contributed by atoms with Gasteiger partial charge in [0, 0.05) is 0 Å². The molecule has 0 bridgehead atoms. The van der Waals surface area contributed by atoms with Gasteiger partial charge in [0.05, 0.1) is 16.8 Å². The van der Waals surface area contributed by atoms with Crippen LogP contribution >= 0.6 is 11.3 Å². The van der Waals surface area contributed by atoms with E-state index in [2.05, 4.69) is 9.97 Å². The van der Waals surface area contributed by atoms with Gasteiger partial charge < -0.3 is 15.8 Å². The number of thiophene rings is 1. The normalized spacial score (nSPS) is 12.9. The van der Waals surface area contributed by atoms with E-state index >= 15 is 0 Å². The molecule has 0 aliphatic rings. The lowest BCUT2D eigenvalue weighted by Crippen LogP contribution is -2.40. The molecule has 7 nitrogen and oxygen atoms in total. The van der Waals surface area contributed by atoms with Gasteiger partial charge in [-0.2, -0.15) is 13.2 Å². The largest absolute Gasteiger partial charge is 0.448 e. The van der Waals surface area contributed by atoms with Crippen molar-refractivity contribution >= 4 is 39.1 Å². The summed E-state index contributed by atoms with van der Waals surface area (Å²) in [5.74, 6) is -1.46. The number of nitrogens with one attached hydrogen (secondary N) is 1. The van der Waals surface area contributed by atoms with Gasteiger partial charge >= 0.3 is 12.1 Å². The van der Waals surface area contributed by atoms with Crippen molar-refractivity contribution in [2.24, 2.45) is 0 Å². The smallest absolute Gasteiger partial charge is 0.405 e. The highest BCUT2D eigenvalue weighted by atomic mass is 32.1. The molecule has 25 heavy (non-hydrogen) atoms. The van der Waals surface area contributed by atoms with Crippen molar-refractivity contribution in [3.8, 4) is 0 Å². The molecular formula is C14H15F3N4O3S. The first kappa shape index (κ1) is 18.9. The number of carbonyl (C=O) groups is 2. The van der Waals surface area contributed by atoms with Gasteiger partial charge in [0.15, 0.2) is 6.10 Å². The molecule has 1 atom stereocenters. The van der Waals surface area contributed by atoms with Crippen LogP contribution in [0.25, 0.3) is 10.2 Å². The summed E-state index contributed by atoms with van der Waals surface area (Å²) in [5, 5.41) is 2.16. The van der Waals surface area contributed by atoms with E-state index in [1.165, 1.54) is 6.92 Å². The van der Waals surface area contributed by atoms with Crippen LogP contribution in [0.5, 0.6) is 0 Å². The van der Waals surface area contributed by atoms with E-state index in [1.54, 1.807) is 19.2 Å². The standard InChI is InChI=1S/C14H15F3N4O3S/c1-5-8-9(18)10(25-12(8)21-7(3)20-5)13(23)24-6(2)11(22)19-4-14(15,16)17/h6H,4,18H2,1-3H3,(H,19,22)/t6-/m0/s1. The summed E-state index contributed by atoms with van der Waals surface area (Å²) in [6.45, 7) is 3.06. The van der Waals surface area contributed by atoms with Crippen LogP contribution in [-0.2, 0) is 9.53 Å². The van der Waals surface area contributed by atoms with Crippen molar-refractivity contribution in [3.05, 3.63) is 16.4 Å². The number of rotatable bonds is 4. The number of esters is 1. The van der Waals surface area contributed by atoms with Gasteiger partial charge in [0.1, 0.15) is 22.1 Å². The first-order chi connectivity index (χ1) is 11.5. The number of hydrogen-bond acceptors (Lipinski definition) is 7. The van der Waals surface area contributed by atoms with Gasteiger partial charge in [-0.1, -0.05) is 0 Å². The molecule has 2 aromatic heterocycles. The number of nitrogens with two attached hydrogens (primary N) is 1. The van der Waals surface area contributed by atoms with Gasteiger partial charge in [0.25, 0.3) is 5.91 Å². The van der Waals surface area contributed by atoms with Crippen LogP contribution in [0.3, 0.4) is 0 Å². The number of aromatic nitrogens is 2. The van der Waals surface area contributed by atoms with Crippen LogP contribution in [0.4, 0.5) is 18.9 Å². The number of amides is 1. The Balaban J connectivity index is 2.16. The Labute approximate surface area is 144 Å². The second-order valence-electron chi connectivity index (χ2n) is 5.26. The Morgan fingerprint density at radius 2 is 1.96 bits per heavy atom. The van der Waals surface area contributed by atoms with Gasteiger partial charge in [-0.25, -0.2) is 14.8 Å². The molecule has 0 aliphatic carbocycles. The van der Waals surface area contributed by atoms with E-state index in [-0.39, 0.29) is 10.6 Å². The average Bonchev–Trinajstić information content (AvgIpc) is 2.80. The number of fused-ring (bicyclic) bond motifs is 1. The Morgan fingerprint density at radius 1 is 1.32 bits per heavy atom. The second-order valence-corrected chi connectivity index (χ2v) is 6.26. The maximum absolute atomic E-state index is 12.2. The summed E-state index contributed by atoms with van der Waals surface area (Å²) in [5.41, 5.74) is 6.64. The summed E-state index contributed by atoms with van der Waals surface area (Å²) in [6, 6.07) is 0. The van der Waals surface area contributed by atoms with E-state index < -0.39 is 30.7 Å². The van der Waals surface area contributed by atoms with Gasteiger partial charge in [0.2, 0.25) is 0 Å². The molecule has 0 fully saturated rings. The predicted octanol–water partition coefficient (Wildman–Crippen LogP) is 2.11. The van der Waals surface area contributed by atoms with Crippen molar-refractivity contribution in [3.63, 3.8) is 0 Å². The van der Waals surface area contributed by atoms with Crippen LogP contribution < -0.4 is 11.1 Å². The molecule has 0 saturated heterocycles. The molecule has 0 aliphatic heterocycles. The Morgan fingerprint density at radius 3 is 2.56 bits per heavy atom. The molecule has 3 N–H and O–H groups in total. The lowest BCUT2D eigenvalue weighted by atomic mass is 10.2. The van der Waals surface area contributed by atoms with Crippen molar-refractivity contribution in [2.75, 3.05) is 12.3 Å². The van der Waals surface area contributed by atoms with Crippen LogP contribution in [0.1, 0.15) is 28.1 Å². The zero-order chi connectivity index (χ0) is 18.9. The number of anilines is 1. The fourth-order valence-corrected chi connectivity index (χ4v) is 3.15. The highest BCUT2D eigenvalue weighted by molar-refractivity contribution is 7.21. The van der Waals surface area contributed by atoms with Crippen molar-refractivity contribution < 1.29 is 27.5 Å². The number of nitrogens with zero attached hydrogens (tertiary/aromatic N) is 2. The topological polar surface area (TPSA) is 107 Å². The summed E-state index contributed by atoms with van der Waals surface area (Å²) in [7, 11) is 0. The molecule has 2 heterocycles. The van der Waals surface area contributed by atoms with Gasteiger partial charge in [-0.05, 0) is 20.8 Å². The molecule has 136 valence electrons. The highest BCUT2D eigenvalue weighted by Crippen LogP contribution is 2.34. The molecular weight excluding hydrogens is 361 g/mol. The SMILES string of the molecule is Cc1nc(C)c2c(N)c(C(=O)O[C@@H](C)C(=O)NCC(F)(F)F)sc2n1. The quantitative estimate of drug-likeness (QED) is 0.792. The minimum atomic E-state index is -4.55. The number of hydrogen-bond donors (Lipinski definition) is 2. The fourth-order valence-electron chi connectivity index (χ4n) is 2.08. The number of halogens is 3. The monoisotopic (exact) mass is 376 g/mol. The number of nitrogen functional groups attached to an aromatic ring is 1. The van der Waals surface area contributed by atoms with E-state index in [4.69, 9.17) is 10.5 Å². The van der Waals surface area contributed by atoms with Crippen molar-refractivity contribution in [2.45, 2.75) is 33.1 Å². The number of ether oxygens (including phenoxy) is 1. The summed E-state index contributed by atoms with van der Waals surface area (Å²) < 4.78 is 41.2. The molecule has 0 aromatic carbocycles. The second kappa shape index (κ2) is 6.82. The predicted molar refractivity (Wildman–Crippen MR) is 85.2 cm³/mol. The number of carbonyl (C=O) groups excluding carboxylic acids is 2. The Hall–Kier alpha value is -2.43. The minimum Gasteiger partial charge on any atom is -0.448 e. The van der Waals surface area contributed by atoms with Crippen molar-refractivity contribution in [1.29, 1.82) is 0 Å². The molecule has 1 amide bonds. The van der Waals surface area contributed by atoms with E-state index in [9.17, 15) is 22.8 Å². The molecule has 2 aromatic rings. The van der Waals surface area contributed by atoms with E-state index in [1.807, 2.05) is 0 Å². The van der Waals surface area contributed by atoms with E-state index in [0.717, 1.165) is 11.3 Å². The summed E-state index contributed by atoms with van der Waals surface area (Å²) in [6.07, 6.45) is -5.96. The maximum atomic E-state index is 12.2. The molecule has 0 radical (unpaired) electrons. The van der Waals surface area contributed by atoms with Crippen LogP contribution in [-0.4, -0.2) is 40.7 Å². The van der Waals surface area contributed by atoms with Crippen LogP contribution in [0.15, 0.2) is 0 Å². The first-order valence-corrected chi connectivity index (χ1v) is 7.90. The first-order valence-electron chi connectivity index (χ1n) is 7.08. The molecule has 0 saturated carbocycles. The molecule has 11 heteroatoms. The van der Waals surface area contributed by atoms with Gasteiger partial charge in [-0.15, -0.1) is 11.3 Å². The number of alkyl halides is 3. The fraction of sp³-hybridized carbons (Fsp3) is 0.429.